The summed E-state index contributed by atoms with van der Waals surface area (Å²) >= 11 is 6.11. The number of allylic oxidation sites excluding steroid dienone is 4. The Morgan fingerprint density at radius 1 is 1.16 bits per heavy atom. The van der Waals surface area contributed by atoms with Crippen molar-refractivity contribution in [2.24, 2.45) is 0 Å². The van der Waals surface area contributed by atoms with Crippen LogP contribution in [0.5, 0.6) is 0 Å². The Hall–Kier alpha value is -3.49. The van der Waals surface area contributed by atoms with Crippen molar-refractivity contribution in [2.45, 2.75) is 38.4 Å². The molecule has 1 aromatic carbocycles. The van der Waals surface area contributed by atoms with Crippen molar-refractivity contribution < 1.29 is 13.6 Å². The van der Waals surface area contributed by atoms with Gasteiger partial charge in [-0.3, -0.25) is 4.90 Å². The van der Waals surface area contributed by atoms with E-state index in [0.29, 0.717) is 24.7 Å². The van der Waals surface area contributed by atoms with Gasteiger partial charge in [0.25, 0.3) is 0 Å². The number of fused-ring (bicyclic) bond motifs is 3. The Bertz CT molecular complexity index is 1380. The van der Waals surface area contributed by atoms with Gasteiger partial charge in [0.1, 0.15) is 23.0 Å². The number of hydrogen-bond donors (Lipinski definition) is 1. The first kappa shape index (κ1) is 25.2. The van der Waals surface area contributed by atoms with Crippen molar-refractivity contribution in [3.8, 4) is 11.3 Å². The molecule has 2 unspecified atom stereocenters. The van der Waals surface area contributed by atoms with E-state index >= 15 is 0 Å². The SMILES string of the molecule is C=C/C=C(F)\C(NC(=O)N1C2CCC1CN(Cc1c(-c3ccc(Cl)cc3)nc3ccccn13)C2)=C(/C)F. The first-order chi connectivity index (χ1) is 17.9. The smallest absolute Gasteiger partial charge is 0.316 e. The molecule has 2 amide bonds. The monoisotopic (exact) mass is 523 g/mol. The normalized spacial score (nSPS) is 20.8. The van der Waals surface area contributed by atoms with E-state index in [1.165, 1.54) is 6.08 Å². The van der Waals surface area contributed by atoms with Gasteiger partial charge in [-0.1, -0.05) is 42.5 Å². The van der Waals surface area contributed by atoms with Crippen molar-refractivity contribution in [3.63, 3.8) is 0 Å². The first-order valence-corrected chi connectivity index (χ1v) is 12.6. The van der Waals surface area contributed by atoms with E-state index in [0.717, 1.165) is 48.4 Å². The molecule has 3 aromatic rings. The van der Waals surface area contributed by atoms with Crippen LogP contribution < -0.4 is 5.32 Å². The van der Waals surface area contributed by atoms with Crippen molar-refractivity contribution >= 4 is 23.3 Å². The number of carbonyl (C=O) groups is 1. The molecule has 2 aliphatic rings. The molecule has 2 saturated heterocycles. The molecular formula is C28H28ClF2N5O. The molecule has 1 N–H and O–H groups in total. The molecule has 2 fully saturated rings. The van der Waals surface area contributed by atoms with Crippen LogP contribution in [0.1, 0.15) is 25.5 Å². The van der Waals surface area contributed by atoms with Gasteiger partial charge >= 0.3 is 6.03 Å². The summed E-state index contributed by atoms with van der Waals surface area (Å²) in [5.74, 6) is -1.66. The molecule has 2 bridgehead atoms. The number of benzene rings is 1. The van der Waals surface area contributed by atoms with Crippen molar-refractivity contribution in [1.82, 2.24) is 24.5 Å². The van der Waals surface area contributed by atoms with Crippen molar-refractivity contribution in [3.05, 3.63) is 95.5 Å². The Labute approximate surface area is 219 Å². The number of amides is 2. The molecule has 37 heavy (non-hydrogen) atoms. The van der Waals surface area contributed by atoms with E-state index < -0.39 is 23.4 Å². The van der Waals surface area contributed by atoms with Gasteiger partial charge in [-0.2, -0.15) is 0 Å². The second kappa shape index (κ2) is 10.5. The number of hydrogen-bond acceptors (Lipinski definition) is 3. The van der Waals surface area contributed by atoms with Gasteiger partial charge in [-0.25, -0.2) is 18.6 Å². The zero-order chi connectivity index (χ0) is 26.1. The molecule has 0 saturated carbocycles. The largest absolute Gasteiger partial charge is 0.322 e. The van der Waals surface area contributed by atoms with Crippen LogP contribution in [0.4, 0.5) is 13.6 Å². The van der Waals surface area contributed by atoms with Crippen LogP contribution in [0.25, 0.3) is 16.9 Å². The maximum atomic E-state index is 14.3. The maximum absolute atomic E-state index is 14.3. The Balaban J connectivity index is 1.37. The third-order valence-corrected chi connectivity index (χ3v) is 7.24. The highest BCUT2D eigenvalue weighted by molar-refractivity contribution is 6.30. The lowest BCUT2D eigenvalue weighted by Gasteiger charge is -2.41. The second-order valence-corrected chi connectivity index (χ2v) is 9.85. The Morgan fingerprint density at radius 3 is 2.51 bits per heavy atom. The summed E-state index contributed by atoms with van der Waals surface area (Å²) in [6.45, 7) is 6.51. The topological polar surface area (TPSA) is 52.9 Å². The lowest BCUT2D eigenvalue weighted by atomic mass is 10.1. The molecule has 9 heteroatoms. The molecule has 0 spiro atoms. The number of nitrogens with zero attached hydrogens (tertiary/aromatic N) is 4. The van der Waals surface area contributed by atoms with E-state index in [1.807, 2.05) is 48.7 Å². The predicted octanol–water partition coefficient (Wildman–Crippen LogP) is 6.25. The summed E-state index contributed by atoms with van der Waals surface area (Å²) in [4.78, 5) is 22.1. The minimum atomic E-state index is -0.864. The molecule has 5 rings (SSSR count). The minimum Gasteiger partial charge on any atom is -0.316 e. The zero-order valence-electron chi connectivity index (χ0n) is 20.5. The average Bonchev–Trinajstić information content (AvgIpc) is 3.37. The third-order valence-electron chi connectivity index (χ3n) is 6.99. The van der Waals surface area contributed by atoms with Crippen LogP contribution in [0.15, 0.2) is 84.7 Å². The predicted molar refractivity (Wildman–Crippen MR) is 141 cm³/mol. The fraction of sp³-hybridized carbons (Fsp3) is 0.286. The van der Waals surface area contributed by atoms with Crippen LogP contribution in [0.2, 0.25) is 5.02 Å². The number of likely N-dealkylation sites (tertiary alicyclic amines) is 1. The van der Waals surface area contributed by atoms with Gasteiger partial charge in [-0.15, -0.1) is 0 Å². The first-order valence-electron chi connectivity index (χ1n) is 12.2. The highest BCUT2D eigenvalue weighted by atomic mass is 35.5. The number of nitrogens with one attached hydrogen (secondary N) is 1. The van der Waals surface area contributed by atoms with E-state index in [9.17, 15) is 13.6 Å². The molecule has 2 atom stereocenters. The van der Waals surface area contributed by atoms with Gasteiger partial charge in [0.2, 0.25) is 0 Å². The van der Waals surface area contributed by atoms with Crippen LogP contribution >= 0.6 is 11.6 Å². The fourth-order valence-corrected chi connectivity index (χ4v) is 5.49. The minimum absolute atomic E-state index is 0.0514. The number of imidazole rings is 1. The van der Waals surface area contributed by atoms with Gasteiger partial charge in [0.15, 0.2) is 0 Å². The summed E-state index contributed by atoms with van der Waals surface area (Å²) in [5.41, 5.74) is 3.35. The molecule has 6 nitrogen and oxygen atoms in total. The summed E-state index contributed by atoms with van der Waals surface area (Å²) < 4.78 is 30.4. The molecular weight excluding hydrogens is 496 g/mol. The number of urea groups is 1. The fourth-order valence-electron chi connectivity index (χ4n) is 5.37. The van der Waals surface area contributed by atoms with Crippen LogP contribution in [0, 0.1) is 0 Å². The van der Waals surface area contributed by atoms with E-state index in [-0.39, 0.29) is 12.1 Å². The summed E-state index contributed by atoms with van der Waals surface area (Å²) in [6.07, 6.45) is 5.92. The Morgan fingerprint density at radius 2 is 1.86 bits per heavy atom. The van der Waals surface area contributed by atoms with Gasteiger partial charge < -0.3 is 14.6 Å². The maximum Gasteiger partial charge on any atom is 0.322 e. The van der Waals surface area contributed by atoms with Crippen LogP contribution in [0.3, 0.4) is 0 Å². The number of rotatable bonds is 6. The van der Waals surface area contributed by atoms with Crippen LogP contribution in [-0.2, 0) is 6.54 Å². The quantitative estimate of drug-likeness (QED) is 0.388. The van der Waals surface area contributed by atoms with Crippen molar-refractivity contribution in [2.75, 3.05) is 13.1 Å². The summed E-state index contributed by atoms with van der Waals surface area (Å²) in [7, 11) is 0. The number of carbonyl (C=O) groups excluding carboxylic acids is 1. The number of aromatic nitrogens is 2. The summed E-state index contributed by atoms with van der Waals surface area (Å²) in [6, 6.07) is 13.0. The Kier molecular flexibility index (Phi) is 7.13. The number of pyridine rings is 1. The molecule has 2 aliphatic heterocycles. The number of halogens is 3. The zero-order valence-corrected chi connectivity index (χ0v) is 21.3. The van der Waals surface area contributed by atoms with E-state index in [1.54, 1.807) is 4.90 Å². The van der Waals surface area contributed by atoms with Crippen molar-refractivity contribution in [1.29, 1.82) is 0 Å². The lowest BCUT2D eigenvalue weighted by Crippen LogP contribution is -2.57. The lowest BCUT2D eigenvalue weighted by molar-refractivity contribution is 0.0843. The van der Waals surface area contributed by atoms with Gasteiger partial charge in [0.05, 0.1) is 11.4 Å². The van der Waals surface area contributed by atoms with Gasteiger partial charge in [-0.05, 0) is 50.1 Å². The molecule has 0 aliphatic carbocycles. The highest BCUT2D eigenvalue weighted by Crippen LogP contribution is 2.33. The number of piperazine rings is 1. The standard InChI is InChI=1S/C28H28ClF2N5O/c1-3-6-23(31)26(18(2)30)33-28(37)36-21-12-13-22(36)16-34(15-21)17-24-27(19-8-10-20(29)11-9-19)32-25-7-4-5-14-35(24)25/h3-11,14,21-22H,1,12-13,15-17H2,2H3,(H,33,37)/b23-6+,26-18-. The molecule has 2 aromatic heterocycles. The molecule has 0 radical (unpaired) electrons. The highest BCUT2D eigenvalue weighted by Gasteiger charge is 2.43. The van der Waals surface area contributed by atoms with Crippen LogP contribution in [-0.4, -0.2) is 50.4 Å². The average molecular weight is 524 g/mol. The van der Waals surface area contributed by atoms with Gasteiger partial charge in [0, 0.05) is 48.5 Å². The molecule has 192 valence electrons. The second-order valence-electron chi connectivity index (χ2n) is 9.42. The summed E-state index contributed by atoms with van der Waals surface area (Å²) in [5, 5.41) is 3.12. The van der Waals surface area contributed by atoms with E-state index in [2.05, 4.69) is 21.2 Å². The third kappa shape index (κ3) is 5.04. The molecule has 4 heterocycles. The van der Waals surface area contributed by atoms with E-state index in [4.69, 9.17) is 16.6 Å².